The number of β-lactam (4-membered cyclic amide) rings is 2. The summed E-state index contributed by atoms with van der Waals surface area (Å²) in [6, 6.07) is -1.66. The Morgan fingerprint density at radius 2 is 1.57 bits per heavy atom. The van der Waals surface area contributed by atoms with Crippen molar-refractivity contribution in [3.63, 3.8) is 0 Å². The van der Waals surface area contributed by atoms with Crippen LogP contribution >= 0.6 is 0 Å². The average Bonchev–Trinajstić information content (AvgIpc) is 3.15. The molecule has 7 unspecified atom stereocenters. The van der Waals surface area contributed by atoms with Gasteiger partial charge in [0.05, 0.1) is 38.5 Å². The van der Waals surface area contributed by atoms with Crippen LogP contribution in [0, 0.1) is 0 Å². The molecule has 0 bridgehead atoms. The number of carbonyl (C=O) groups excluding carboxylic acids is 3. The van der Waals surface area contributed by atoms with E-state index in [1.807, 2.05) is 0 Å². The van der Waals surface area contributed by atoms with E-state index in [4.69, 9.17) is 9.47 Å². The zero-order valence-electron chi connectivity index (χ0n) is 14.8. The number of hydrogen-bond donors (Lipinski definition) is 4. The SMILES string of the molecule is O=C(CC(O)C1CN2C(=O)CC2O1)NC(C(=O)O)C(O)C1CN2C(=O)CC2O1. The summed E-state index contributed by atoms with van der Waals surface area (Å²) in [5, 5.41) is 32.1. The number of nitrogens with one attached hydrogen (secondary N) is 1. The molecular weight excluding hydrogens is 378 g/mol. The normalized spacial score (nSPS) is 34.1. The number of ether oxygens (including phenoxy) is 2. The van der Waals surface area contributed by atoms with Gasteiger partial charge in [0.1, 0.15) is 30.8 Å². The van der Waals surface area contributed by atoms with Crippen molar-refractivity contribution in [3.8, 4) is 0 Å². The van der Waals surface area contributed by atoms with Crippen LogP contribution in [0.2, 0.25) is 0 Å². The van der Waals surface area contributed by atoms with Crippen molar-refractivity contribution in [3.05, 3.63) is 0 Å². The Labute approximate surface area is 159 Å². The van der Waals surface area contributed by atoms with E-state index in [1.165, 1.54) is 9.80 Å². The van der Waals surface area contributed by atoms with E-state index in [-0.39, 0.29) is 44.0 Å². The summed E-state index contributed by atoms with van der Waals surface area (Å²) in [5.41, 5.74) is 0. The smallest absolute Gasteiger partial charge is 0.329 e. The number of carbonyl (C=O) groups is 4. The number of rotatable bonds is 7. The summed E-state index contributed by atoms with van der Waals surface area (Å²) in [6.07, 6.45) is -5.34. The monoisotopic (exact) mass is 399 g/mol. The van der Waals surface area contributed by atoms with E-state index in [0.29, 0.717) is 0 Å². The molecule has 0 aromatic heterocycles. The largest absolute Gasteiger partial charge is 0.480 e. The van der Waals surface area contributed by atoms with Crippen LogP contribution in [0.1, 0.15) is 19.3 Å². The molecule has 4 N–H and O–H groups in total. The molecule has 0 aromatic rings. The van der Waals surface area contributed by atoms with E-state index in [9.17, 15) is 34.5 Å². The molecule has 0 saturated carbocycles. The summed E-state index contributed by atoms with van der Waals surface area (Å²) in [4.78, 5) is 49.3. The molecule has 0 spiro atoms. The number of nitrogens with zero attached hydrogens (tertiary/aromatic N) is 2. The number of hydrogen-bond acceptors (Lipinski definition) is 8. The first-order valence-electron chi connectivity index (χ1n) is 9.02. The molecule has 4 rings (SSSR count). The highest BCUT2D eigenvalue weighted by atomic mass is 16.5. The van der Waals surface area contributed by atoms with Crippen LogP contribution in [-0.4, -0.2) is 105 Å². The number of aliphatic hydroxyl groups is 2. The minimum atomic E-state index is -1.66. The minimum Gasteiger partial charge on any atom is -0.480 e. The van der Waals surface area contributed by atoms with Gasteiger partial charge in [-0.15, -0.1) is 0 Å². The average molecular weight is 399 g/mol. The highest BCUT2D eigenvalue weighted by Gasteiger charge is 2.50. The Kier molecular flexibility index (Phi) is 4.73. The van der Waals surface area contributed by atoms with Crippen LogP contribution in [0.5, 0.6) is 0 Å². The van der Waals surface area contributed by atoms with Gasteiger partial charge in [0.25, 0.3) is 0 Å². The Morgan fingerprint density at radius 1 is 1.04 bits per heavy atom. The topological polar surface area (TPSA) is 166 Å². The molecule has 3 amide bonds. The molecule has 4 heterocycles. The van der Waals surface area contributed by atoms with Gasteiger partial charge in [0, 0.05) is 0 Å². The van der Waals surface area contributed by atoms with Gasteiger partial charge >= 0.3 is 5.97 Å². The number of carboxylic acids is 1. The Balaban J connectivity index is 1.30. The fraction of sp³-hybridized carbons (Fsp3) is 0.750. The fourth-order valence-corrected chi connectivity index (χ4v) is 3.87. The summed E-state index contributed by atoms with van der Waals surface area (Å²) in [5.74, 6) is -2.48. The zero-order valence-corrected chi connectivity index (χ0v) is 14.8. The summed E-state index contributed by atoms with van der Waals surface area (Å²) in [6.45, 7) is 0.220. The lowest BCUT2D eigenvalue weighted by molar-refractivity contribution is -0.161. The van der Waals surface area contributed by atoms with Gasteiger partial charge in [-0.05, 0) is 0 Å². The summed E-state index contributed by atoms with van der Waals surface area (Å²) in [7, 11) is 0. The zero-order chi connectivity index (χ0) is 20.2. The first-order chi connectivity index (χ1) is 13.2. The van der Waals surface area contributed by atoms with Gasteiger partial charge < -0.3 is 39.9 Å². The second-order valence-electron chi connectivity index (χ2n) is 7.40. The Bertz CT molecular complexity index is 715. The molecule has 4 aliphatic heterocycles. The molecule has 4 saturated heterocycles. The maximum absolute atomic E-state index is 12.2. The maximum Gasteiger partial charge on any atom is 0.329 e. The van der Waals surface area contributed by atoms with Crippen molar-refractivity contribution in [2.24, 2.45) is 0 Å². The fourth-order valence-electron chi connectivity index (χ4n) is 3.87. The van der Waals surface area contributed by atoms with Crippen LogP contribution in [0.25, 0.3) is 0 Å². The molecule has 0 aromatic carbocycles. The van der Waals surface area contributed by atoms with Crippen LogP contribution in [0.4, 0.5) is 0 Å². The van der Waals surface area contributed by atoms with Crippen LogP contribution < -0.4 is 5.32 Å². The third kappa shape index (κ3) is 3.21. The second kappa shape index (κ2) is 6.95. The van der Waals surface area contributed by atoms with Crippen molar-refractivity contribution >= 4 is 23.7 Å². The predicted octanol–water partition coefficient (Wildman–Crippen LogP) is -3.42. The van der Waals surface area contributed by atoms with Gasteiger partial charge in [-0.25, -0.2) is 4.79 Å². The number of amides is 3. The van der Waals surface area contributed by atoms with Gasteiger partial charge in [-0.2, -0.15) is 0 Å². The van der Waals surface area contributed by atoms with E-state index in [1.54, 1.807) is 0 Å². The van der Waals surface area contributed by atoms with Crippen LogP contribution in [0.3, 0.4) is 0 Å². The first-order valence-corrected chi connectivity index (χ1v) is 9.02. The maximum atomic E-state index is 12.2. The lowest BCUT2D eigenvalue weighted by Gasteiger charge is -2.31. The van der Waals surface area contributed by atoms with E-state index in [0.717, 1.165) is 0 Å². The minimum absolute atomic E-state index is 0.0497. The van der Waals surface area contributed by atoms with Crippen LogP contribution in [-0.2, 0) is 28.7 Å². The van der Waals surface area contributed by atoms with Crippen molar-refractivity contribution in [2.45, 2.75) is 62.2 Å². The number of aliphatic hydroxyl groups excluding tert-OH is 2. The van der Waals surface area contributed by atoms with Crippen molar-refractivity contribution in [1.82, 2.24) is 15.1 Å². The first kappa shape index (κ1) is 19.1. The summed E-state index contributed by atoms with van der Waals surface area (Å²) >= 11 is 0. The third-order valence-electron chi connectivity index (χ3n) is 5.58. The Morgan fingerprint density at radius 3 is 2.07 bits per heavy atom. The highest BCUT2D eigenvalue weighted by Crippen LogP contribution is 2.31. The molecule has 154 valence electrons. The van der Waals surface area contributed by atoms with Crippen LogP contribution in [0.15, 0.2) is 0 Å². The molecule has 0 aliphatic carbocycles. The van der Waals surface area contributed by atoms with Crippen molar-refractivity contribution in [1.29, 1.82) is 0 Å². The van der Waals surface area contributed by atoms with E-state index < -0.39 is 55.0 Å². The van der Waals surface area contributed by atoms with Gasteiger partial charge in [-0.1, -0.05) is 0 Å². The molecule has 4 aliphatic rings. The number of fused-ring (bicyclic) bond motifs is 2. The number of carboxylic acid groups (broad SMARTS) is 1. The van der Waals surface area contributed by atoms with E-state index >= 15 is 0 Å². The predicted molar refractivity (Wildman–Crippen MR) is 86.2 cm³/mol. The molecule has 7 atom stereocenters. The quantitative estimate of drug-likeness (QED) is 0.319. The molecule has 0 radical (unpaired) electrons. The molecule has 28 heavy (non-hydrogen) atoms. The molecule has 12 nitrogen and oxygen atoms in total. The van der Waals surface area contributed by atoms with Crippen molar-refractivity contribution < 1.29 is 44.0 Å². The standard InChI is InChI=1S/C16H21N3O9/c20-6(7-4-18-10(22)2-12(18)27-7)1-9(21)17-14(16(25)26)15(24)8-5-19-11(23)3-13(19)28-8/h6-8,12-15,20,24H,1-5H2,(H,17,21)(H,25,26). The summed E-state index contributed by atoms with van der Waals surface area (Å²) < 4.78 is 10.9. The number of aliphatic carboxylic acids is 1. The molecule has 4 fully saturated rings. The van der Waals surface area contributed by atoms with E-state index in [2.05, 4.69) is 5.32 Å². The lowest BCUT2D eigenvalue weighted by Crippen LogP contribution is -2.54. The van der Waals surface area contributed by atoms with Gasteiger partial charge in [-0.3, -0.25) is 14.4 Å². The van der Waals surface area contributed by atoms with Gasteiger partial charge in [0.2, 0.25) is 17.7 Å². The Hall–Kier alpha value is -2.28. The highest BCUT2D eigenvalue weighted by molar-refractivity contribution is 5.85. The second-order valence-corrected chi connectivity index (χ2v) is 7.40. The lowest BCUT2D eigenvalue weighted by atomic mass is 10.0. The van der Waals surface area contributed by atoms with Crippen molar-refractivity contribution in [2.75, 3.05) is 13.1 Å². The third-order valence-corrected chi connectivity index (χ3v) is 5.58. The molecular formula is C16H21N3O9. The van der Waals surface area contributed by atoms with Gasteiger partial charge in [0.15, 0.2) is 6.04 Å². The molecule has 12 heteroatoms.